The summed E-state index contributed by atoms with van der Waals surface area (Å²) < 4.78 is 5.08. The minimum atomic E-state index is -0.540. The average molecular weight is 474 g/mol. The maximum absolute atomic E-state index is 12.5. The predicted molar refractivity (Wildman–Crippen MR) is 123 cm³/mol. The number of aryl methyl sites for hydroxylation is 2. The molecule has 0 aromatic carbocycles. The van der Waals surface area contributed by atoms with Crippen LogP contribution in [0.25, 0.3) is 6.08 Å². The minimum absolute atomic E-state index is 0.0270. The van der Waals surface area contributed by atoms with Crippen LogP contribution in [-0.4, -0.2) is 52.6 Å². The molecule has 0 bridgehead atoms. The van der Waals surface area contributed by atoms with Gasteiger partial charge in [0.25, 0.3) is 17.1 Å². The molecule has 8 nitrogen and oxygen atoms in total. The standard InChI is InChI=1S/C22H23N3O5S2/c1-3-5-16-11-18(31-14(16)2)21(28)30-13-19(26)24-8-9-25-20(27)17(32-22(25)29)10-15-6-4-7-23-12-15/h4,6-7,10-12H,3,5,8-9,13H2,1-2H3,(H,24,26)/b17-10-. The number of imide groups is 1. The number of carbonyl (C=O) groups is 4. The van der Waals surface area contributed by atoms with E-state index in [1.165, 1.54) is 11.3 Å². The molecule has 3 amide bonds. The summed E-state index contributed by atoms with van der Waals surface area (Å²) in [6.45, 7) is 3.68. The fourth-order valence-electron chi connectivity index (χ4n) is 3.00. The Kier molecular flexibility index (Phi) is 8.18. The van der Waals surface area contributed by atoms with Gasteiger partial charge in [-0.05, 0) is 54.4 Å². The molecule has 3 heterocycles. The Morgan fingerprint density at radius 3 is 2.84 bits per heavy atom. The van der Waals surface area contributed by atoms with E-state index in [1.54, 1.807) is 30.6 Å². The van der Waals surface area contributed by atoms with Crippen molar-refractivity contribution < 1.29 is 23.9 Å². The summed E-state index contributed by atoms with van der Waals surface area (Å²) in [4.78, 5) is 55.7. The average Bonchev–Trinajstić information content (AvgIpc) is 3.27. The second-order valence-corrected chi connectivity index (χ2v) is 9.24. The molecule has 3 rings (SSSR count). The molecule has 0 atom stereocenters. The SMILES string of the molecule is CCCc1cc(C(=O)OCC(=O)NCCN2C(=O)S/C(=C\c3cccnc3)C2=O)sc1C. The maximum Gasteiger partial charge on any atom is 0.348 e. The van der Waals surface area contributed by atoms with Crippen molar-refractivity contribution in [3.8, 4) is 0 Å². The Morgan fingerprint density at radius 1 is 1.31 bits per heavy atom. The number of thioether (sulfide) groups is 1. The number of nitrogens with zero attached hydrogens (tertiary/aromatic N) is 2. The van der Waals surface area contributed by atoms with E-state index in [1.807, 2.05) is 13.0 Å². The van der Waals surface area contributed by atoms with Gasteiger partial charge in [-0.25, -0.2) is 4.79 Å². The van der Waals surface area contributed by atoms with Gasteiger partial charge in [-0.15, -0.1) is 11.3 Å². The highest BCUT2D eigenvalue weighted by Gasteiger charge is 2.34. The van der Waals surface area contributed by atoms with Crippen LogP contribution in [0.4, 0.5) is 4.79 Å². The molecular formula is C22H23N3O5S2. The molecule has 0 saturated carbocycles. The lowest BCUT2D eigenvalue weighted by molar-refractivity contribution is -0.125. The highest BCUT2D eigenvalue weighted by atomic mass is 32.2. The largest absolute Gasteiger partial charge is 0.451 e. The molecular weight excluding hydrogens is 450 g/mol. The van der Waals surface area contributed by atoms with Crippen molar-refractivity contribution in [3.05, 3.63) is 56.4 Å². The third-order valence-corrected chi connectivity index (χ3v) is 6.57. The van der Waals surface area contributed by atoms with Gasteiger partial charge in [-0.3, -0.25) is 24.3 Å². The van der Waals surface area contributed by atoms with E-state index in [4.69, 9.17) is 4.74 Å². The van der Waals surface area contributed by atoms with Crippen LogP contribution < -0.4 is 5.32 Å². The zero-order valence-corrected chi connectivity index (χ0v) is 19.4. The van der Waals surface area contributed by atoms with Crippen LogP contribution in [0.15, 0.2) is 35.5 Å². The third kappa shape index (κ3) is 6.04. The number of thiophene rings is 1. The van der Waals surface area contributed by atoms with E-state index in [0.717, 1.165) is 45.5 Å². The lowest BCUT2D eigenvalue weighted by Crippen LogP contribution is -2.38. The molecule has 1 aliphatic rings. The van der Waals surface area contributed by atoms with Gasteiger partial charge >= 0.3 is 5.97 Å². The van der Waals surface area contributed by atoms with E-state index in [2.05, 4.69) is 17.2 Å². The Bertz CT molecular complexity index is 1050. The molecule has 0 radical (unpaired) electrons. The zero-order chi connectivity index (χ0) is 23.1. The van der Waals surface area contributed by atoms with Crippen molar-refractivity contribution in [2.45, 2.75) is 26.7 Å². The fourth-order valence-corrected chi connectivity index (χ4v) is 4.83. The highest BCUT2D eigenvalue weighted by molar-refractivity contribution is 8.18. The first-order valence-electron chi connectivity index (χ1n) is 10.1. The highest BCUT2D eigenvalue weighted by Crippen LogP contribution is 2.31. The first-order chi connectivity index (χ1) is 15.4. The molecule has 2 aromatic rings. The zero-order valence-electron chi connectivity index (χ0n) is 17.8. The Morgan fingerprint density at radius 2 is 2.12 bits per heavy atom. The molecule has 2 aromatic heterocycles. The number of aromatic nitrogens is 1. The summed E-state index contributed by atoms with van der Waals surface area (Å²) in [5.74, 6) is -1.46. The van der Waals surface area contributed by atoms with Gasteiger partial charge in [-0.2, -0.15) is 0 Å². The Balaban J connectivity index is 1.44. The van der Waals surface area contributed by atoms with Crippen LogP contribution in [0.1, 0.15) is 39.0 Å². The van der Waals surface area contributed by atoms with Crippen LogP contribution in [0.2, 0.25) is 0 Å². The van der Waals surface area contributed by atoms with Crippen molar-refractivity contribution in [2.24, 2.45) is 0 Å². The summed E-state index contributed by atoms with van der Waals surface area (Å²) in [6.07, 6.45) is 6.69. The number of hydrogen-bond donors (Lipinski definition) is 1. The quantitative estimate of drug-likeness (QED) is 0.439. The second-order valence-electron chi connectivity index (χ2n) is 6.99. The molecule has 10 heteroatoms. The number of ether oxygens (including phenoxy) is 1. The molecule has 0 aliphatic carbocycles. The van der Waals surface area contributed by atoms with Gasteiger partial charge in [-0.1, -0.05) is 19.4 Å². The summed E-state index contributed by atoms with van der Waals surface area (Å²) >= 11 is 2.19. The first-order valence-corrected chi connectivity index (χ1v) is 11.7. The summed E-state index contributed by atoms with van der Waals surface area (Å²) in [5, 5.41) is 2.16. The minimum Gasteiger partial charge on any atom is -0.451 e. The maximum atomic E-state index is 12.5. The fraction of sp³-hybridized carbons (Fsp3) is 0.318. The van der Waals surface area contributed by atoms with Gasteiger partial charge in [0.05, 0.1) is 4.91 Å². The van der Waals surface area contributed by atoms with Crippen LogP contribution in [-0.2, 0) is 20.7 Å². The lowest BCUT2D eigenvalue weighted by Gasteiger charge is -2.13. The van der Waals surface area contributed by atoms with Crippen LogP contribution >= 0.6 is 23.1 Å². The van der Waals surface area contributed by atoms with Crippen molar-refractivity contribution in [1.29, 1.82) is 0 Å². The molecule has 0 unspecified atom stereocenters. The number of amides is 3. The van der Waals surface area contributed by atoms with E-state index in [0.29, 0.717) is 9.78 Å². The molecule has 32 heavy (non-hydrogen) atoms. The number of carbonyl (C=O) groups excluding carboxylic acids is 4. The van der Waals surface area contributed by atoms with Crippen molar-refractivity contribution in [2.75, 3.05) is 19.7 Å². The van der Waals surface area contributed by atoms with Crippen LogP contribution in [0, 0.1) is 6.92 Å². The number of hydrogen-bond acceptors (Lipinski definition) is 8. The van der Waals surface area contributed by atoms with Gasteiger partial charge in [0.1, 0.15) is 4.88 Å². The second kappa shape index (κ2) is 11.1. The molecule has 0 spiro atoms. The van der Waals surface area contributed by atoms with E-state index in [-0.39, 0.29) is 13.1 Å². The lowest BCUT2D eigenvalue weighted by atomic mass is 10.1. The molecule has 1 fully saturated rings. The van der Waals surface area contributed by atoms with Crippen LogP contribution in [0.3, 0.4) is 0 Å². The van der Waals surface area contributed by atoms with Gasteiger partial charge < -0.3 is 10.1 Å². The number of pyridine rings is 1. The van der Waals surface area contributed by atoms with Crippen molar-refractivity contribution in [3.63, 3.8) is 0 Å². The molecule has 1 aliphatic heterocycles. The summed E-state index contributed by atoms with van der Waals surface area (Å²) in [7, 11) is 0. The van der Waals surface area contributed by atoms with Crippen LogP contribution in [0.5, 0.6) is 0 Å². The van der Waals surface area contributed by atoms with E-state index >= 15 is 0 Å². The van der Waals surface area contributed by atoms with Crippen molar-refractivity contribution in [1.82, 2.24) is 15.2 Å². The topological polar surface area (TPSA) is 106 Å². The summed E-state index contributed by atoms with van der Waals surface area (Å²) in [5.41, 5.74) is 1.83. The third-order valence-electron chi connectivity index (χ3n) is 4.59. The van der Waals surface area contributed by atoms with Crippen molar-refractivity contribution >= 4 is 52.2 Å². The van der Waals surface area contributed by atoms with Gasteiger partial charge in [0.15, 0.2) is 6.61 Å². The first kappa shape index (κ1) is 23.7. The number of esters is 1. The Labute approximate surface area is 194 Å². The number of rotatable bonds is 9. The smallest absolute Gasteiger partial charge is 0.348 e. The molecule has 168 valence electrons. The normalized spacial score (nSPS) is 14.8. The predicted octanol–water partition coefficient (Wildman–Crippen LogP) is 3.41. The van der Waals surface area contributed by atoms with Gasteiger partial charge in [0.2, 0.25) is 0 Å². The molecule has 1 saturated heterocycles. The summed E-state index contributed by atoms with van der Waals surface area (Å²) in [6, 6.07) is 5.33. The molecule has 1 N–H and O–H groups in total. The van der Waals surface area contributed by atoms with E-state index < -0.39 is 29.6 Å². The van der Waals surface area contributed by atoms with Gasteiger partial charge in [0, 0.05) is 30.4 Å². The van der Waals surface area contributed by atoms with E-state index in [9.17, 15) is 19.2 Å². The number of nitrogens with one attached hydrogen (secondary N) is 1. The monoisotopic (exact) mass is 473 g/mol. The Hall–Kier alpha value is -2.98.